The second kappa shape index (κ2) is 2.99. The molecule has 1 heterocycles. The second-order valence-corrected chi connectivity index (χ2v) is 4.14. The molecule has 0 radical (unpaired) electrons. The predicted molar refractivity (Wildman–Crippen MR) is 54.9 cm³/mol. The fourth-order valence-corrected chi connectivity index (χ4v) is 1.78. The highest BCUT2D eigenvalue weighted by molar-refractivity contribution is 5.39. The van der Waals surface area contributed by atoms with Gasteiger partial charge in [-0.3, -0.25) is 4.98 Å². The summed E-state index contributed by atoms with van der Waals surface area (Å²) < 4.78 is 0. The van der Waals surface area contributed by atoms with Gasteiger partial charge in [0.15, 0.2) is 0 Å². The molecule has 0 fully saturated rings. The summed E-state index contributed by atoms with van der Waals surface area (Å²) in [7, 11) is 0. The molecular weight excluding hydrogens is 158 g/mol. The highest BCUT2D eigenvalue weighted by atomic mass is 14.7. The van der Waals surface area contributed by atoms with Crippen LogP contribution in [0.2, 0.25) is 0 Å². The van der Waals surface area contributed by atoms with Crippen molar-refractivity contribution >= 4 is 0 Å². The standard InChI is InChI=1S/C12H15N/c1-8(2)12-6-10-4-9(3)5-11(10)7-13-12/h6-8H,3-5H2,1-2H3. The van der Waals surface area contributed by atoms with Crippen LogP contribution in [-0.4, -0.2) is 4.98 Å². The maximum absolute atomic E-state index is 4.44. The van der Waals surface area contributed by atoms with E-state index in [2.05, 4.69) is 31.5 Å². The van der Waals surface area contributed by atoms with Gasteiger partial charge in [-0.2, -0.15) is 0 Å². The van der Waals surface area contributed by atoms with E-state index in [-0.39, 0.29) is 0 Å². The minimum absolute atomic E-state index is 0.527. The summed E-state index contributed by atoms with van der Waals surface area (Å²) in [5.41, 5.74) is 5.32. The number of allylic oxidation sites excluding steroid dienone is 1. The Labute approximate surface area is 79.5 Å². The largest absolute Gasteiger partial charge is 0.261 e. The molecule has 0 saturated carbocycles. The quantitative estimate of drug-likeness (QED) is 0.595. The molecule has 1 aromatic rings. The van der Waals surface area contributed by atoms with E-state index in [1.165, 1.54) is 22.4 Å². The van der Waals surface area contributed by atoms with Crippen molar-refractivity contribution in [3.63, 3.8) is 0 Å². The number of aromatic nitrogens is 1. The van der Waals surface area contributed by atoms with Crippen LogP contribution in [0.15, 0.2) is 24.4 Å². The molecule has 68 valence electrons. The number of rotatable bonds is 1. The van der Waals surface area contributed by atoms with Gasteiger partial charge >= 0.3 is 0 Å². The van der Waals surface area contributed by atoms with Crippen LogP contribution < -0.4 is 0 Å². The van der Waals surface area contributed by atoms with Gasteiger partial charge in [-0.1, -0.05) is 26.0 Å². The van der Waals surface area contributed by atoms with Crippen LogP contribution in [0.4, 0.5) is 0 Å². The van der Waals surface area contributed by atoms with Crippen molar-refractivity contribution in [3.05, 3.63) is 41.2 Å². The van der Waals surface area contributed by atoms with Crippen LogP contribution in [0.5, 0.6) is 0 Å². The zero-order valence-electron chi connectivity index (χ0n) is 8.30. The average Bonchev–Trinajstić information content (AvgIpc) is 2.42. The fourth-order valence-electron chi connectivity index (χ4n) is 1.78. The maximum Gasteiger partial charge on any atom is 0.0432 e. The zero-order chi connectivity index (χ0) is 9.42. The number of hydrogen-bond donors (Lipinski definition) is 0. The third-order valence-electron chi connectivity index (χ3n) is 2.58. The Balaban J connectivity index is 2.40. The molecule has 0 bridgehead atoms. The van der Waals surface area contributed by atoms with Crippen LogP contribution in [-0.2, 0) is 12.8 Å². The summed E-state index contributed by atoms with van der Waals surface area (Å²) >= 11 is 0. The molecule has 1 aliphatic carbocycles. The third-order valence-corrected chi connectivity index (χ3v) is 2.58. The minimum Gasteiger partial charge on any atom is -0.261 e. The van der Waals surface area contributed by atoms with Crippen LogP contribution in [0.3, 0.4) is 0 Å². The van der Waals surface area contributed by atoms with E-state index in [1.54, 1.807) is 0 Å². The Morgan fingerprint density at radius 2 is 2.00 bits per heavy atom. The normalized spacial score (nSPS) is 15.2. The summed E-state index contributed by atoms with van der Waals surface area (Å²) in [6, 6.07) is 2.23. The van der Waals surface area contributed by atoms with Gasteiger partial charge in [-0.15, -0.1) is 0 Å². The molecule has 0 saturated heterocycles. The lowest BCUT2D eigenvalue weighted by Crippen LogP contribution is -1.94. The van der Waals surface area contributed by atoms with Gasteiger partial charge in [0, 0.05) is 11.9 Å². The van der Waals surface area contributed by atoms with Gasteiger partial charge in [-0.05, 0) is 36.0 Å². The van der Waals surface area contributed by atoms with Crippen LogP contribution in [0.25, 0.3) is 0 Å². The molecule has 0 N–H and O–H groups in total. The molecule has 0 spiro atoms. The fraction of sp³-hybridized carbons (Fsp3) is 0.417. The molecule has 13 heavy (non-hydrogen) atoms. The van der Waals surface area contributed by atoms with E-state index in [9.17, 15) is 0 Å². The third kappa shape index (κ3) is 1.51. The molecule has 0 atom stereocenters. The van der Waals surface area contributed by atoms with Crippen molar-refractivity contribution in [2.75, 3.05) is 0 Å². The molecule has 0 aromatic carbocycles. The first kappa shape index (κ1) is 8.49. The number of hydrogen-bond acceptors (Lipinski definition) is 1. The van der Waals surface area contributed by atoms with Crippen molar-refractivity contribution in [2.24, 2.45) is 0 Å². The Hall–Kier alpha value is -1.11. The molecule has 1 aromatic heterocycles. The van der Waals surface area contributed by atoms with Gasteiger partial charge in [0.2, 0.25) is 0 Å². The first-order valence-electron chi connectivity index (χ1n) is 4.81. The van der Waals surface area contributed by atoms with Gasteiger partial charge in [0.05, 0.1) is 0 Å². The lowest BCUT2D eigenvalue weighted by atomic mass is 10.1. The Bertz CT molecular complexity index is 350. The summed E-state index contributed by atoms with van der Waals surface area (Å²) in [4.78, 5) is 4.44. The van der Waals surface area contributed by atoms with Gasteiger partial charge in [0.1, 0.15) is 0 Å². The first-order valence-corrected chi connectivity index (χ1v) is 4.81. The second-order valence-electron chi connectivity index (χ2n) is 4.14. The summed E-state index contributed by atoms with van der Waals surface area (Å²) in [5.74, 6) is 0.527. The number of pyridine rings is 1. The smallest absolute Gasteiger partial charge is 0.0432 e. The van der Waals surface area contributed by atoms with Crippen LogP contribution >= 0.6 is 0 Å². The topological polar surface area (TPSA) is 12.9 Å². The van der Waals surface area contributed by atoms with E-state index >= 15 is 0 Å². The van der Waals surface area contributed by atoms with E-state index in [0.29, 0.717) is 5.92 Å². The van der Waals surface area contributed by atoms with Crippen molar-refractivity contribution in [2.45, 2.75) is 32.6 Å². The van der Waals surface area contributed by atoms with E-state index in [0.717, 1.165) is 12.8 Å². The Kier molecular flexibility index (Phi) is 1.95. The molecule has 0 amide bonds. The van der Waals surface area contributed by atoms with Crippen molar-refractivity contribution in [1.82, 2.24) is 4.98 Å². The first-order chi connectivity index (χ1) is 6.16. The molecule has 1 heteroatoms. The van der Waals surface area contributed by atoms with Crippen LogP contribution in [0.1, 0.15) is 36.6 Å². The van der Waals surface area contributed by atoms with Crippen molar-refractivity contribution in [1.29, 1.82) is 0 Å². The Morgan fingerprint density at radius 1 is 1.31 bits per heavy atom. The van der Waals surface area contributed by atoms with Crippen molar-refractivity contribution < 1.29 is 0 Å². The van der Waals surface area contributed by atoms with E-state index in [1.807, 2.05) is 6.20 Å². The van der Waals surface area contributed by atoms with Gasteiger partial charge in [-0.25, -0.2) is 0 Å². The van der Waals surface area contributed by atoms with E-state index < -0.39 is 0 Å². The Morgan fingerprint density at radius 3 is 2.69 bits per heavy atom. The number of nitrogens with zero attached hydrogens (tertiary/aromatic N) is 1. The SMILES string of the molecule is C=C1Cc2cnc(C(C)C)cc2C1. The molecule has 0 unspecified atom stereocenters. The highest BCUT2D eigenvalue weighted by Crippen LogP contribution is 2.26. The predicted octanol–water partition coefficient (Wildman–Crippen LogP) is 2.86. The minimum atomic E-state index is 0.527. The summed E-state index contributed by atoms with van der Waals surface area (Å²) in [5, 5.41) is 0. The lowest BCUT2D eigenvalue weighted by Gasteiger charge is -2.05. The molecule has 1 nitrogen and oxygen atoms in total. The van der Waals surface area contributed by atoms with E-state index in [4.69, 9.17) is 0 Å². The van der Waals surface area contributed by atoms with Gasteiger partial charge in [0.25, 0.3) is 0 Å². The highest BCUT2D eigenvalue weighted by Gasteiger charge is 2.15. The maximum atomic E-state index is 4.44. The molecular formula is C12H15N. The zero-order valence-corrected chi connectivity index (χ0v) is 8.30. The van der Waals surface area contributed by atoms with Gasteiger partial charge < -0.3 is 0 Å². The average molecular weight is 173 g/mol. The van der Waals surface area contributed by atoms with Crippen LogP contribution in [0, 0.1) is 0 Å². The number of fused-ring (bicyclic) bond motifs is 1. The lowest BCUT2D eigenvalue weighted by molar-refractivity contribution is 0.818. The summed E-state index contributed by atoms with van der Waals surface area (Å²) in [6.45, 7) is 8.37. The summed E-state index contributed by atoms with van der Waals surface area (Å²) in [6.07, 6.45) is 4.10. The molecule has 2 rings (SSSR count). The monoisotopic (exact) mass is 173 g/mol. The molecule has 0 aliphatic heterocycles. The molecule has 1 aliphatic rings. The van der Waals surface area contributed by atoms with Crippen molar-refractivity contribution in [3.8, 4) is 0 Å².